The summed E-state index contributed by atoms with van der Waals surface area (Å²) in [6.07, 6.45) is 4.94. The fraction of sp³-hybridized carbons (Fsp3) is 0.167. The van der Waals surface area contributed by atoms with Crippen LogP contribution in [0.5, 0.6) is 0 Å². The number of pyridine rings is 1. The molecule has 0 bridgehead atoms. The molecule has 3 aromatic rings. The molecule has 9 heteroatoms. The molecule has 2 aromatic heterocycles. The molecule has 27 heavy (non-hydrogen) atoms. The van der Waals surface area contributed by atoms with E-state index in [2.05, 4.69) is 10.1 Å². The van der Waals surface area contributed by atoms with Gasteiger partial charge in [0, 0.05) is 43.2 Å². The molecule has 1 aromatic carbocycles. The van der Waals surface area contributed by atoms with Crippen molar-refractivity contribution in [2.45, 2.75) is 6.54 Å². The molecule has 0 atom stereocenters. The maximum Gasteiger partial charge on any atom is 0.257 e. The molecule has 0 saturated carbocycles. The SMILES string of the molecule is CN(Cc1c(F)ccc(F)c1Cl)C(=O)c1cc(-c2cnn(C)c2)cnc1N. The summed E-state index contributed by atoms with van der Waals surface area (Å²) < 4.78 is 29.2. The van der Waals surface area contributed by atoms with Crippen LogP contribution in [0.2, 0.25) is 5.02 Å². The molecule has 0 radical (unpaired) electrons. The smallest absolute Gasteiger partial charge is 0.257 e. The lowest BCUT2D eigenvalue weighted by Crippen LogP contribution is -2.28. The first-order valence-corrected chi connectivity index (χ1v) is 8.28. The maximum absolute atomic E-state index is 14.0. The first-order chi connectivity index (χ1) is 12.8. The average Bonchev–Trinajstić information content (AvgIpc) is 3.08. The van der Waals surface area contributed by atoms with Gasteiger partial charge in [-0.15, -0.1) is 0 Å². The van der Waals surface area contributed by atoms with Gasteiger partial charge in [0.15, 0.2) is 0 Å². The fourth-order valence-electron chi connectivity index (χ4n) is 2.60. The van der Waals surface area contributed by atoms with E-state index in [9.17, 15) is 13.6 Å². The van der Waals surface area contributed by atoms with E-state index in [0.717, 1.165) is 17.7 Å². The molecule has 0 aliphatic rings. The molecule has 3 rings (SSSR count). The third-order valence-electron chi connectivity index (χ3n) is 4.07. The lowest BCUT2D eigenvalue weighted by molar-refractivity contribution is 0.0784. The number of nitrogens with two attached hydrogens (primary N) is 1. The van der Waals surface area contributed by atoms with Gasteiger partial charge in [-0.3, -0.25) is 9.48 Å². The number of anilines is 1. The minimum absolute atomic E-state index is 0.0327. The number of hydrogen-bond acceptors (Lipinski definition) is 4. The number of benzene rings is 1. The maximum atomic E-state index is 14.0. The number of amides is 1. The zero-order valence-corrected chi connectivity index (χ0v) is 15.3. The summed E-state index contributed by atoms with van der Waals surface area (Å²) in [7, 11) is 3.21. The molecule has 1 amide bonds. The number of carbonyl (C=O) groups excluding carboxylic acids is 1. The van der Waals surface area contributed by atoms with Crippen LogP contribution in [0.15, 0.2) is 36.8 Å². The molecule has 0 unspecified atom stereocenters. The van der Waals surface area contributed by atoms with Gasteiger partial charge in [-0.05, 0) is 18.2 Å². The van der Waals surface area contributed by atoms with Crippen molar-refractivity contribution < 1.29 is 13.6 Å². The Bertz CT molecular complexity index is 1020. The summed E-state index contributed by atoms with van der Waals surface area (Å²) >= 11 is 5.83. The summed E-state index contributed by atoms with van der Waals surface area (Å²) in [6.45, 7) is -0.224. The minimum Gasteiger partial charge on any atom is -0.383 e. The van der Waals surface area contributed by atoms with Crippen molar-refractivity contribution in [3.63, 3.8) is 0 Å². The monoisotopic (exact) mass is 391 g/mol. The normalized spacial score (nSPS) is 10.9. The highest BCUT2D eigenvalue weighted by molar-refractivity contribution is 6.31. The Morgan fingerprint density at radius 1 is 1.26 bits per heavy atom. The van der Waals surface area contributed by atoms with E-state index in [1.54, 1.807) is 30.2 Å². The van der Waals surface area contributed by atoms with Gasteiger partial charge in [-0.25, -0.2) is 13.8 Å². The van der Waals surface area contributed by atoms with Crippen LogP contribution in [-0.4, -0.2) is 32.6 Å². The van der Waals surface area contributed by atoms with E-state index in [4.69, 9.17) is 17.3 Å². The number of nitrogen functional groups attached to an aromatic ring is 1. The summed E-state index contributed by atoms with van der Waals surface area (Å²) in [5.41, 5.74) is 7.31. The molecular formula is C18H16ClF2N5O. The Hall–Kier alpha value is -3.00. The molecule has 0 spiro atoms. The predicted molar refractivity (Wildman–Crippen MR) is 98.0 cm³/mol. The number of hydrogen-bond donors (Lipinski definition) is 1. The number of rotatable bonds is 4. The highest BCUT2D eigenvalue weighted by atomic mass is 35.5. The van der Waals surface area contributed by atoms with E-state index in [1.165, 1.54) is 18.1 Å². The van der Waals surface area contributed by atoms with Crippen LogP contribution in [0.3, 0.4) is 0 Å². The van der Waals surface area contributed by atoms with Crippen LogP contribution in [0, 0.1) is 11.6 Å². The van der Waals surface area contributed by atoms with Crippen molar-refractivity contribution in [1.82, 2.24) is 19.7 Å². The van der Waals surface area contributed by atoms with Crippen LogP contribution in [-0.2, 0) is 13.6 Å². The second-order valence-electron chi connectivity index (χ2n) is 6.04. The van der Waals surface area contributed by atoms with Crippen LogP contribution in [0.25, 0.3) is 11.1 Å². The Labute approximate surface area is 159 Å². The van der Waals surface area contributed by atoms with Crippen molar-refractivity contribution in [3.8, 4) is 11.1 Å². The molecule has 2 heterocycles. The van der Waals surface area contributed by atoms with E-state index >= 15 is 0 Å². The third-order valence-corrected chi connectivity index (χ3v) is 4.48. The Morgan fingerprint density at radius 2 is 1.96 bits per heavy atom. The second-order valence-corrected chi connectivity index (χ2v) is 6.42. The minimum atomic E-state index is -0.756. The molecule has 0 saturated heterocycles. The second kappa shape index (κ2) is 7.32. The number of nitrogens with zero attached hydrogens (tertiary/aromatic N) is 4. The van der Waals surface area contributed by atoms with Crippen LogP contribution >= 0.6 is 11.6 Å². The van der Waals surface area contributed by atoms with Gasteiger partial charge in [0.05, 0.1) is 23.3 Å². The molecule has 2 N–H and O–H groups in total. The van der Waals surface area contributed by atoms with Gasteiger partial charge in [-0.2, -0.15) is 5.10 Å². The van der Waals surface area contributed by atoms with Gasteiger partial charge in [0.1, 0.15) is 17.5 Å². The van der Waals surface area contributed by atoms with E-state index in [-0.39, 0.29) is 28.5 Å². The highest BCUT2D eigenvalue weighted by Crippen LogP contribution is 2.26. The Balaban J connectivity index is 1.90. The van der Waals surface area contributed by atoms with Crippen LogP contribution in [0.4, 0.5) is 14.6 Å². The molecule has 6 nitrogen and oxygen atoms in total. The van der Waals surface area contributed by atoms with Gasteiger partial charge in [0.25, 0.3) is 5.91 Å². The fourth-order valence-corrected chi connectivity index (χ4v) is 2.82. The van der Waals surface area contributed by atoms with Crippen molar-refractivity contribution in [1.29, 1.82) is 0 Å². The molecule has 0 aliphatic carbocycles. The van der Waals surface area contributed by atoms with Crippen LogP contribution < -0.4 is 5.73 Å². The predicted octanol–water partition coefficient (Wildman–Crippen LogP) is 3.27. The summed E-state index contributed by atoms with van der Waals surface area (Å²) in [5.74, 6) is -1.92. The summed E-state index contributed by atoms with van der Waals surface area (Å²) in [5, 5.41) is 3.72. The van der Waals surface area contributed by atoms with Crippen molar-refractivity contribution in [3.05, 3.63) is 64.6 Å². The van der Waals surface area contributed by atoms with Crippen molar-refractivity contribution >= 4 is 23.3 Å². The molecule has 140 valence electrons. The zero-order valence-electron chi connectivity index (χ0n) is 14.6. The average molecular weight is 392 g/mol. The van der Waals surface area contributed by atoms with Crippen molar-refractivity contribution in [2.24, 2.45) is 7.05 Å². The number of aromatic nitrogens is 3. The Kier molecular flexibility index (Phi) is 5.09. The van der Waals surface area contributed by atoms with E-state index < -0.39 is 17.5 Å². The topological polar surface area (TPSA) is 77.0 Å². The van der Waals surface area contributed by atoms with Gasteiger partial charge >= 0.3 is 0 Å². The molecule has 0 aliphatic heterocycles. The third kappa shape index (κ3) is 3.75. The standard InChI is InChI=1S/C18H16ClF2N5O/c1-25(9-13-14(20)3-4-15(21)16(13)19)18(27)12-5-10(6-23-17(12)22)11-7-24-26(2)8-11/h3-8H,9H2,1-2H3,(H2,22,23). The highest BCUT2D eigenvalue weighted by Gasteiger charge is 2.21. The number of carbonyl (C=O) groups is 1. The molecular weight excluding hydrogens is 376 g/mol. The van der Waals surface area contributed by atoms with Crippen LogP contribution in [0.1, 0.15) is 15.9 Å². The van der Waals surface area contributed by atoms with Gasteiger partial charge in [-0.1, -0.05) is 11.6 Å². The largest absolute Gasteiger partial charge is 0.383 e. The van der Waals surface area contributed by atoms with E-state index in [1.807, 2.05) is 0 Å². The quantitative estimate of drug-likeness (QED) is 0.692. The van der Waals surface area contributed by atoms with E-state index in [0.29, 0.717) is 5.56 Å². The summed E-state index contributed by atoms with van der Waals surface area (Å²) in [4.78, 5) is 18.0. The zero-order chi connectivity index (χ0) is 19.7. The van der Waals surface area contributed by atoms with Gasteiger partial charge in [0.2, 0.25) is 0 Å². The lowest BCUT2D eigenvalue weighted by Gasteiger charge is -2.19. The lowest BCUT2D eigenvalue weighted by atomic mass is 10.1. The Morgan fingerprint density at radius 3 is 2.63 bits per heavy atom. The number of aryl methyl sites for hydroxylation is 1. The van der Waals surface area contributed by atoms with Gasteiger partial charge < -0.3 is 10.6 Å². The first-order valence-electron chi connectivity index (χ1n) is 7.90. The van der Waals surface area contributed by atoms with Crippen molar-refractivity contribution in [2.75, 3.05) is 12.8 Å². The molecule has 0 fully saturated rings. The summed E-state index contributed by atoms with van der Waals surface area (Å²) in [6, 6.07) is 3.48. The number of halogens is 3. The first kappa shape index (κ1) is 18.8.